The van der Waals surface area contributed by atoms with E-state index in [0.29, 0.717) is 30.0 Å². The maximum atomic E-state index is 11.8. The number of benzene rings is 1. The third-order valence-corrected chi connectivity index (χ3v) is 4.25. The van der Waals surface area contributed by atoms with Gasteiger partial charge in [0.1, 0.15) is 5.75 Å². The predicted octanol–water partition coefficient (Wildman–Crippen LogP) is 1.94. The van der Waals surface area contributed by atoms with Gasteiger partial charge in [-0.15, -0.1) is 12.4 Å². The van der Waals surface area contributed by atoms with Gasteiger partial charge in [0.2, 0.25) is 15.9 Å². The van der Waals surface area contributed by atoms with Crippen LogP contribution in [0.4, 0.5) is 11.4 Å². The van der Waals surface area contributed by atoms with Crippen LogP contribution in [-0.2, 0) is 14.8 Å². The fraction of sp³-hybridized carbons (Fsp3) is 0.500. The van der Waals surface area contributed by atoms with E-state index in [2.05, 4.69) is 10.0 Å². The van der Waals surface area contributed by atoms with Crippen LogP contribution < -0.4 is 20.5 Å². The van der Waals surface area contributed by atoms with Gasteiger partial charge in [-0.05, 0) is 32.4 Å². The molecule has 0 heterocycles. The summed E-state index contributed by atoms with van der Waals surface area (Å²) in [7, 11) is -1.96. The Morgan fingerprint density at radius 3 is 2.57 bits per heavy atom. The molecule has 132 valence electrons. The first-order valence-electron chi connectivity index (χ1n) is 7.01. The second-order valence-corrected chi connectivity index (χ2v) is 7.00. The van der Waals surface area contributed by atoms with Crippen LogP contribution in [-0.4, -0.2) is 33.2 Å². The Morgan fingerprint density at radius 1 is 1.39 bits per heavy atom. The molecule has 0 saturated heterocycles. The average Bonchev–Trinajstić information content (AvgIpc) is 2.46. The van der Waals surface area contributed by atoms with Crippen LogP contribution in [0.1, 0.15) is 26.7 Å². The van der Waals surface area contributed by atoms with Gasteiger partial charge in [-0.2, -0.15) is 0 Å². The molecule has 7 nitrogen and oxygen atoms in total. The van der Waals surface area contributed by atoms with E-state index in [-0.39, 0.29) is 30.1 Å². The molecule has 0 aliphatic rings. The molecular weight excluding hydrogens is 342 g/mol. The molecule has 0 bridgehead atoms. The Kier molecular flexibility index (Phi) is 8.96. The number of anilines is 2. The predicted molar refractivity (Wildman–Crippen MR) is 94.8 cm³/mol. The summed E-state index contributed by atoms with van der Waals surface area (Å²) in [6.45, 7) is 3.38. The Bertz CT molecular complexity index is 620. The summed E-state index contributed by atoms with van der Waals surface area (Å²) in [4.78, 5) is 11.8. The molecule has 23 heavy (non-hydrogen) atoms. The highest BCUT2D eigenvalue weighted by atomic mass is 35.5. The number of halogens is 1. The normalized spacial score (nSPS) is 12.0. The van der Waals surface area contributed by atoms with E-state index >= 15 is 0 Å². The maximum absolute atomic E-state index is 11.8. The minimum absolute atomic E-state index is 0. The van der Waals surface area contributed by atoms with Gasteiger partial charge in [-0.25, -0.2) is 8.42 Å². The first-order chi connectivity index (χ1) is 10.3. The van der Waals surface area contributed by atoms with Gasteiger partial charge in [-0.3, -0.25) is 9.52 Å². The average molecular weight is 366 g/mol. The van der Waals surface area contributed by atoms with Crippen LogP contribution in [0.15, 0.2) is 18.2 Å². The van der Waals surface area contributed by atoms with Crippen molar-refractivity contribution >= 4 is 39.7 Å². The zero-order valence-electron chi connectivity index (χ0n) is 13.5. The number of nitrogens with two attached hydrogens (primary N) is 1. The Labute approximate surface area is 143 Å². The Morgan fingerprint density at radius 2 is 2.04 bits per heavy atom. The second kappa shape index (κ2) is 9.59. The van der Waals surface area contributed by atoms with E-state index in [1.165, 1.54) is 7.11 Å². The van der Waals surface area contributed by atoms with Crippen LogP contribution in [0, 0.1) is 0 Å². The lowest BCUT2D eigenvalue weighted by atomic mass is 10.2. The number of carbonyl (C=O) groups excluding carboxylic acids is 1. The number of ether oxygens (including phenoxy) is 1. The molecule has 1 aromatic carbocycles. The van der Waals surface area contributed by atoms with E-state index in [4.69, 9.17) is 10.5 Å². The number of hydrogen-bond acceptors (Lipinski definition) is 5. The SMILES string of the molecule is CCS(=O)(=O)Nc1ccc(NC(=O)CCC(C)N)cc1OC.Cl. The van der Waals surface area contributed by atoms with Gasteiger partial charge in [0, 0.05) is 24.2 Å². The first-order valence-corrected chi connectivity index (χ1v) is 8.66. The lowest BCUT2D eigenvalue weighted by Gasteiger charge is -2.13. The molecule has 0 saturated carbocycles. The number of sulfonamides is 1. The molecule has 0 aliphatic heterocycles. The summed E-state index contributed by atoms with van der Waals surface area (Å²) in [5, 5.41) is 2.72. The molecule has 0 radical (unpaired) electrons. The minimum atomic E-state index is -3.39. The van der Waals surface area contributed by atoms with Crippen molar-refractivity contribution in [1.82, 2.24) is 0 Å². The quantitative estimate of drug-likeness (QED) is 0.652. The fourth-order valence-corrected chi connectivity index (χ4v) is 2.32. The molecule has 1 rings (SSSR count). The van der Waals surface area contributed by atoms with E-state index in [1.807, 2.05) is 6.92 Å². The van der Waals surface area contributed by atoms with Crippen molar-refractivity contribution in [3.63, 3.8) is 0 Å². The second-order valence-electron chi connectivity index (χ2n) is 4.98. The van der Waals surface area contributed by atoms with Gasteiger partial charge in [0.05, 0.1) is 18.6 Å². The summed E-state index contributed by atoms with van der Waals surface area (Å²) in [6, 6.07) is 4.69. The Balaban J connectivity index is 0.00000484. The van der Waals surface area contributed by atoms with Crippen molar-refractivity contribution in [2.24, 2.45) is 5.73 Å². The molecule has 0 spiro atoms. The maximum Gasteiger partial charge on any atom is 0.232 e. The molecule has 0 aromatic heterocycles. The molecule has 1 aromatic rings. The first kappa shape index (κ1) is 21.5. The van der Waals surface area contributed by atoms with Crippen molar-refractivity contribution in [2.75, 3.05) is 22.9 Å². The smallest absolute Gasteiger partial charge is 0.232 e. The topological polar surface area (TPSA) is 111 Å². The van der Waals surface area contributed by atoms with Gasteiger partial charge < -0.3 is 15.8 Å². The number of amides is 1. The molecule has 0 aliphatic carbocycles. The largest absolute Gasteiger partial charge is 0.494 e. The van der Waals surface area contributed by atoms with Crippen molar-refractivity contribution in [3.8, 4) is 5.75 Å². The number of hydrogen-bond donors (Lipinski definition) is 3. The van der Waals surface area contributed by atoms with Crippen LogP contribution in [0.5, 0.6) is 5.75 Å². The standard InChI is InChI=1S/C14H23N3O4S.ClH/c1-4-22(19,20)17-12-7-6-11(9-13(12)21-3)16-14(18)8-5-10(2)15;/h6-7,9-10,17H,4-5,8,15H2,1-3H3,(H,16,18);1H. The highest BCUT2D eigenvalue weighted by Gasteiger charge is 2.12. The highest BCUT2D eigenvalue weighted by molar-refractivity contribution is 7.92. The lowest BCUT2D eigenvalue weighted by molar-refractivity contribution is -0.116. The number of methoxy groups -OCH3 is 1. The van der Waals surface area contributed by atoms with Crippen LogP contribution in [0.25, 0.3) is 0 Å². The molecule has 0 fully saturated rings. The van der Waals surface area contributed by atoms with E-state index in [1.54, 1.807) is 25.1 Å². The van der Waals surface area contributed by atoms with Gasteiger partial charge in [0.15, 0.2) is 0 Å². The summed E-state index contributed by atoms with van der Waals surface area (Å²) >= 11 is 0. The fourth-order valence-electron chi connectivity index (χ4n) is 1.68. The van der Waals surface area contributed by atoms with Crippen molar-refractivity contribution in [2.45, 2.75) is 32.7 Å². The Hall–Kier alpha value is -1.51. The van der Waals surface area contributed by atoms with Crippen molar-refractivity contribution < 1.29 is 17.9 Å². The van der Waals surface area contributed by atoms with Crippen molar-refractivity contribution in [3.05, 3.63) is 18.2 Å². The molecular formula is C14H24ClN3O4S. The molecule has 1 unspecified atom stereocenters. The van der Waals surface area contributed by atoms with Crippen LogP contribution in [0.2, 0.25) is 0 Å². The van der Waals surface area contributed by atoms with Crippen LogP contribution >= 0.6 is 12.4 Å². The zero-order chi connectivity index (χ0) is 16.8. The van der Waals surface area contributed by atoms with Gasteiger partial charge >= 0.3 is 0 Å². The molecule has 9 heteroatoms. The number of nitrogens with one attached hydrogen (secondary N) is 2. The zero-order valence-corrected chi connectivity index (χ0v) is 15.1. The lowest BCUT2D eigenvalue weighted by Crippen LogP contribution is -2.19. The monoisotopic (exact) mass is 365 g/mol. The summed E-state index contributed by atoms with van der Waals surface area (Å²) in [5.74, 6) is 0.148. The van der Waals surface area contributed by atoms with E-state index < -0.39 is 10.0 Å². The number of rotatable bonds is 8. The van der Waals surface area contributed by atoms with Crippen LogP contribution in [0.3, 0.4) is 0 Å². The summed E-state index contributed by atoms with van der Waals surface area (Å²) in [5.41, 5.74) is 6.47. The summed E-state index contributed by atoms with van der Waals surface area (Å²) in [6.07, 6.45) is 0.918. The summed E-state index contributed by atoms with van der Waals surface area (Å²) < 4.78 is 30.8. The molecule has 1 amide bonds. The van der Waals surface area contributed by atoms with Gasteiger partial charge in [-0.1, -0.05) is 0 Å². The third-order valence-electron chi connectivity index (χ3n) is 2.96. The van der Waals surface area contributed by atoms with Gasteiger partial charge in [0.25, 0.3) is 0 Å². The highest BCUT2D eigenvalue weighted by Crippen LogP contribution is 2.29. The third kappa shape index (κ3) is 7.54. The van der Waals surface area contributed by atoms with Crippen molar-refractivity contribution in [1.29, 1.82) is 0 Å². The van der Waals surface area contributed by atoms with E-state index in [0.717, 1.165) is 0 Å². The van der Waals surface area contributed by atoms with E-state index in [9.17, 15) is 13.2 Å². The number of carbonyl (C=O) groups is 1. The molecule has 1 atom stereocenters. The molecule has 4 N–H and O–H groups in total. The minimum Gasteiger partial charge on any atom is -0.494 e.